The van der Waals surface area contributed by atoms with E-state index in [9.17, 15) is 0 Å². The van der Waals surface area contributed by atoms with Crippen LogP contribution in [0.4, 0.5) is 6.01 Å². The average molecular weight is 308 g/mol. The summed E-state index contributed by atoms with van der Waals surface area (Å²) in [6.07, 6.45) is 1.86. The van der Waals surface area contributed by atoms with Gasteiger partial charge in [0.2, 0.25) is 0 Å². The molecule has 0 saturated heterocycles. The van der Waals surface area contributed by atoms with Crippen LogP contribution in [0.15, 0.2) is 22.7 Å². The van der Waals surface area contributed by atoms with Crippen LogP contribution in [0.2, 0.25) is 5.02 Å². The highest BCUT2D eigenvalue weighted by Crippen LogP contribution is 2.38. The topological polar surface area (TPSA) is 60.2 Å². The summed E-state index contributed by atoms with van der Waals surface area (Å²) in [4.78, 5) is 4.37. The molecular weight excluding hydrogens is 290 g/mol. The first-order valence-electron chi connectivity index (χ1n) is 7.16. The fraction of sp³-hybridized carbons (Fsp3) is 0.467. The van der Waals surface area contributed by atoms with Gasteiger partial charge in [-0.2, -0.15) is 4.98 Å². The molecule has 3 rings (SSSR count). The molecule has 0 fully saturated rings. The summed E-state index contributed by atoms with van der Waals surface area (Å²) in [5, 5.41) is 7.91. The zero-order chi connectivity index (χ0) is 14.8. The van der Waals surface area contributed by atoms with E-state index in [1.54, 1.807) is 0 Å². The van der Waals surface area contributed by atoms with Crippen LogP contribution in [-0.2, 0) is 0 Å². The van der Waals surface area contributed by atoms with Crippen molar-refractivity contribution in [2.45, 2.75) is 38.6 Å². The van der Waals surface area contributed by atoms with Crippen molar-refractivity contribution < 1.29 is 9.26 Å². The quantitative estimate of drug-likeness (QED) is 0.922. The second-order valence-electron chi connectivity index (χ2n) is 5.46. The number of rotatable bonds is 3. The van der Waals surface area contributed by atoms with Crippen LogP contribution in [-0.4, -0.2) is 16.7 Å². The summed E-state index contributed by atoms with van der Waals surface area (Å²) in [6, 6.07) is 6.28. The maximum Gasteiger partial charge on any atom is 0.321 e. The third-order valence-electron chi connectivity index (χ3n) is 3.51. The third-order valence-corrected chi connectivity index (χ3v) is 3.81. The largest absolute Gasteiger partial charge is 0.492 e. The predicted octanol–water partition coefficient (Wildman–Crippen LogP) is 4.17. The number of ether oxygens (including phenoxy) is 1. The van der Waals surface area contributed by atoms with Gasteiger partial charge in [0.25, 0.3) is 0 Å². The average Bonchev–Trinajstić information content (AvgIpc) is 2.82. The van der Waals surface area contributed by atoms with Crippen molar-refractivity contribution in [3.05, 3.63) is 34.6 Å². The van der Waals surface area contributed by atoms with Crippen LogP contribution >= 0.6 is 11.6 Å². The summed E-state index contributed by atoms with van der Waals surface area (Å²) >= 11 is 6.22. The monoisotopic (exact) mass is 307 g/mol. The van der Waals surface area contributed by atoms with E-state index in [-0.39, 0.29) is 12.0 Å². The van der Waals surface area contributed by atoms with Crippen LogP contribution in [0.5, 0.6) is 5.75 Å². The van der Waals surface area contributed by atoms with E-state index in [1.807, 2.05) is 32.0 Å². The molecule has 0 spiro atoms. The summed E-state index contributed by atoms with van der Waals surface area (Å²) in [5.41, 5.74) is 1.03. The van der Waals surface area contributed by atoms with Gasteiger partial charge < -0.3 is 14.6 Å². The van der Waals surface area contributed by atoms with Gasteiger partial charge in [0, 0.05) is 11.5 Å². The van der Waals surface area contributed by atoms with Crippen molar-refractivity contribution in [3.8, 4) is 5.75 Å². The lowest BCUT2D eigenvalue weighted by Crippen LogP contribution is -2.10. The summed E-state index contributed by atoms with van der Waals surface area (Å²) in [5.74, 6) is 1.69. The molecule has 5 nitrogen and oxygen atoms in total. The van der Waals surface area contributed by atoms with Crippen LogP contribution in [0.3, 0.4) is 0 Å². The van der Waals surface area contributed by atoms with Crippen molar-refractivity contribution in [2.75, 3.05) is 11.9 Å². The van der Waals surface area contributed by atoms with Gasteiger partial charge in [0.15, 0.2) is 5.82 Å². The molecule has 0 amide bonds. The number of nitrogens with one attached hydrogen (secondary N) is 1. The lowest BCUT2D eigenvalue weighted by atomic mass is 10.0. The molecule has 1 unspecified atom stereocenters. The van der Waals surface area contributed by atoms with E-state index in [2.05, 4.69) is 15.5 Å². The number of aromatic nitrogens is 2. The molecule has 2 aromatic rings. The van der Waals surface area contributed by atoms with Gasteiger partial charge in [-0.25, -0.2) is 0 Å². The number of halogens is 1. The number of hydrogen-bond acceptors (Lipinski definition) is 5. The second-order valence-corrected chi connectivity index (χ2v) is 5.87. The minimum absolute atomic E-state index is 0.0571. The van der Waals surface area contributed by atoms with Gasteiger partial charge in [0.1, 0.15) is 5.75 Å². The van der Waals surface area contributed by atoms with E-state index < -0.39 is 0 Å². The lowest BCUT2D eigenvalue weighted by molar-refractivity contribution is 0.316. The van der Waals surface area contributed by atoms with Crippen molar-refractivity contribution in [1.29, 1.82) is 0 Å². The first-order valence-corrected chi connectivity index (χ1v) is 7.54. The van der Waals surface area contributed by atoms with Gasteiger partial charge in [-0.1, -0.05) is 42.7 Å². The van der Waals surface area contributed by atoms with Crippen molar-refractivity contribution in [3.63, 3.8) is 0 Å². The van der Waals surface area contributed by atoms with E-state index in [4.69, 9.17) is 20.9 Å². The van der Waals surface area contributed by atoms with E-state index in [1.165, 1.54) is 0 Å². The number of para-hydroxylation sites is 1. The zero-order valence-corrected chi connectivity index (χ0v) is 12.9. The molecule has 1 aliphatic heterocycles. The van der Waals surface area contributed by atoms with Crippen LogP contribution in [0.25, 0.3) is 0 Å². The number of fused-ring (bicyclic) bond motifs is 1. The normalized spacial score (nSPS) is 18.0. The molecule has 112 valence electrons. The maximum absolute atomic E-state index is 6.22. The highest BCUT2D eigenvalue weighted by Gasteiger charge is 2.23. The summed E-state index contributed by atoms with van der Waals surface area (Å²) < 4.78 is 11.0. The Labute approximate surface area is 128 Å². The Kier molecular flexibility index (Phi) is 4.01. The second kappa shape index (κ2) is 5.93. The Bertz CT molecular complexity index is 627. The third kappa shape index (κ3) is 2.97. The Morgan fingerprint density at radius 3 is 3.00 bits per heavy atom. The van der Waals surface area contributed by atoms with Gasteiger partial charge in [-0.15, -0.1) is 0 Å². The first-order chi connectivity index (χ1) is 10.1. The number of nitrogens with zero attached hydrogens (tertiary/aromatic N) is 2. The molecule has 6 heteroatoms. The molecule has 1 N–H and O–H groups in total. The molecule has 1 aromatic carbocycles. The predicted molar refractivity (Wildman–Crippen MR) is 80.9 cm³/mol. The van der Waals surface area contributed by atoms with Crippen molar-refractivity contribution in [2.24, 2.45) is 0 Å². The van der Waals surface area contributed by atoms with Gasteiger partial charge in [-0.3, -0.25) is 0 Å². The molecular formula is C15H18ClN3O2. The fourth-order valence-corrected chi connectivity index (χ4v) is 2.63. The number of anilines is 1. The Morgan fingerprint density at radius 2 is 2.24 bits per heavy atom. The molecule has 1 aliphatic rings. The Hall–Kier alpha value is -1.75. The number of benzene rings is 1. The standard InChI is InChI=1S/C15H18ClN3O2/c1-9(2)14-18-15(21-19-14)17-12-7-4-8-20-13-10(12)5-3-6-11(13)16/h3,5-6,9,12H,4,7-8H2,1-2H3,(H,17,18,19). The van der Waals surface area contributed by atoms with E-state index in [0.29, 0.717) is 23.5 Å². The molecule has 0 bridgehead atoms. The molecule has 21 heavy (non-hydrogen) atoms. The molecule has 0 aliphatic carbocycles. The SMILES string of the molecule is CC(C)c1noc(NC2CCCOc3c(Cl)cccc32)n1. The maximum atomic E-state index is 6.22. The lowest BCUT2D eigenvalue weighted by Gasteiger charge is -2.17. The number of hydrogen-bond donors (Lipinski definition) is 1. The van der Waals surface area contributed by atoms with Gasteiger partial charge in [0.05, 0.1) is 17.7 Å². The Balaban J connectivity index is 1.86. The highest BCUT2D eigenvalue weighted by molar-refractivity contribution is 6.32. The van der Waals surface area contributed by atoms with Crippen LogP contribution in [0.1, 0.15) is 50.0 Å². The first kappa shape index (κ1) is 14.2. The van der Waals surface area contributed by atoms with Gasteiger partial charge >= 0.3 is 6.01 Å². The summed E-state index contributed by atoms with van der Waals surface area (Å²) in [7, 11) is 0. The van der Waals surface area contributed by atoms with Gasteiger partial charge in [-0.05, 0) is 18.9 Å². The fourth-order valence-electron chi connectivity index (χ4n) is 2.40. The van der Waals surface area contributed by atoms with E-state index in [0.717, 1.165) is 24.2 Å². The Morgan fingerprint density at radius 1 is 1.38 bits per heavy atom. The molecule has 0 radical (unpaired) electrons. The molecule has 0 saturated carbocycles. The highest BCUT2D eigenvalue weighted by atomic mass is 35.5. The molecule has 2 heterocycles. The molecule has 1 atom stereocenters. The minimum Gasteiger partial charge on any atom is -0.492 e. The minimum atomic E-state index is 0.0571. The summed E-state index contributed by atoms with van der Waals surface area (Å²) in [6.45, 7) is 4.72. The zero-order valence-electron chi connectivity index (χ0n) is 12.1. The van der Waals surface area contributed by atoms with E-state index >= 15 is 0 Å². The van der Waals surface area contributed by atoms with Crippen molar-refractivity contribution in [1.82, 2.24) is 10.1 Å². The van der Waals surface area contributed by atoms with Crippen molar-refractivity contribution >= 4 is 17.6 Å². The smallest absolute Gasteiger partial charge is 0.321 e. The van der Waals surface area contributed by atoms with Crippen LogP contribution in [0, 0.1) is 0 Å². The molecule has 1 aromatic heterocycles. The van der Waals surface area contributed by atoms with Crippen LogP contribution < -0.4 is 10.1 Å².